The fraction of sp³-hybridized carbons (Fsp3) is 0.556. The number of aryl methyl sites for hydroxylation is 3. The SMILES string of the molecule is CN=C(NCCCNC(=O)c1occc1C)NC1CCCn2nc(C)nc21. The predicted molar refractivity (Wildman–Crippen MR) is 102 cm³/mol. The van der Waals surface area contributed by atoms with Gasteiger partial charge < -0.3 is 20.4 Å². The van der Waals surface area contributed by atoms with E-state index in [0.717, 1.165) is 49.0 Å². The summed E-state index contributed by atoms with van der Waals surface area (Å²) >= 11 is 0. The summed E-state index contributed by atoms with van der Waals surface area (Å²) in [6.07, 6.45) is 4.35. The molecule has 2 aromatic heterocycles. The summed E-state index contributed by atoms with van der Waals surface area (Å²) in [5.74, 6) is 2.67. The summed E-state index contributed by atoms with van der Waals surface area (Å²) in [4.78, 5) is 20.8. The van der Waals surface area contributed by atoms with Crippen LogP contribution in [0.4, 0.5) is 0 Å². The van der Waals surface area contributed by atoms with Crippen molar-refractivity contribution in [3.05, 3.63) is 35.3 Å². The summed E-state index contributed by atoms with van der Waals surface area (Å²) < 4.78 is 7.15. The average Bonchev–Trinajstić information content (AvgIpc) is 3.25. The Bertz CT molecular complexity index is 808. The molecule has 3 N–H and O–H groups in total. The molecule has 0 fully saturated rings. The van der Waals surface area contributed by atoms with Crippen molar-refractivity contribution in [3.8, 4) is 0 Å². The van der Waals surface area contributed by atoms with Gasteiger partial charge in [0.2, 0.25) is 0 Å². The molecule has 2 aromatic rings. The van der Waals surface area contributed by atoms with E-state index in [9.17, 15) is 4.79 Å². The van der Waals surface area contributed by atoms with E-state index in [4.69, 9.17) is 4.42 Å². The van der Waals surface area contributed by atoms with E-state index in [2.05, 4.69) is 31.0 Å². The lowest BCUT2D eigenvalue weighted by molar-refractivity contribution is 0.0925. The van der Waals surface area contributed by atoms with Gasteiger partial charge in [-0.25, -0.2) is 9.67 Å². The number of nitrogens with zero attached hydrogens (tertiary/aromatic N) is 4. The molecule has 0 aliphatic carbocycles. The lowest BCUT2D eigenvalue weighted by atomic mass is 10.1. The number of guanidine groups is 1. The third-order valence-electron chi connectivity index (χ3n) is 4.52. The summed E-state index contributed by atoms with van der Waals surface area (Å²) in [6.45, 7) is 5.92. The summed E-state index contributed by atoms with van der Waals surface area (Å²) in [5, 5.41) is 14.0. The van der Waals surface area contributed by atoms with Crippen molar-refractivity contribution >= 4 is 11.9 Å². The Hall–Kier alpha value is -2.84. The molecule has 0 radical (unpaired) electrons. The number of furan rings is 1. The van der Waals surface area contributed by atoms with E-state index >= 15 is 0 Å². The van der Waals surface area contributed by atoms with Gasteiger partial charge in [0.15, 0.2) is 11.7 Å². The molecule has 9 heteroatoms. The maximum Gasteiger partial charge on any atom is 0.287 e. The molecule has 0 bridgehead atoms. The van der Waals surface area contributed by atoms with Crippen molar-refractivity contribution in [2.24, 2.45) is 4.99 Å². The Morgan fingerprint density at radius 3 is 2.93 bits per heavy atom. The minimum absolute atomic E-state index is 0.104. The largest absolute Gasteiger partial charge is 0.459 e. The van der Waals surface area contributed by atoms with Crippen molar-refractivity contribution in [2.45, 2.75) is 45.7 Å². The molecule has 3 heterocycles. The zero-order chi connectivity index (χ0) is 19.2. The van der Waals surface area contributed by atoms with Gasteiger partial charge in [0.25, 0.3) is 5.91 Å². The lowest BCUT2D eigenvalue weighted by Crippen LogP contribution is -2.42. The van der Waals surface area contributed by atoms with Crippen LogP contribution in [0.1, 0.15) is 53.1 Å². The van der Waals surface area contributed by atoms with Crippen LogP contribution in [-0.4, -0.2) is 46.8 Å². The van der Waals surface area contributed by atoms with Crippen LogP contribution in [0, 0.1) is 13.8 Å². The van der Waals surface area contributed by atoms with E-state index in [0.29, 0.717) is 18.8 Å². The molecule has 1 unspecified atom stereocenters. The van der Waals surface area contributed by atoms with Gasteiger partial charge in [0, 0.05) is 32.2 Å². The number of aromatic nitrogens is 3. The van der Waals surface area contributed by atoms with E-state index < -0.39 is 0 Å². The summed E-state index contributed by atoms with van der Waals surface area (Å²) in [6, 6.07) is 1.88. The van der Waals surface area contributed by atoms with Crippen LogP contribution in [0.5, 0.6) is 0 Å². The number of nitrogens with one attached hydrogen (secondary N) is 3. The second kappa shape index (κ2) is 8.70. The number of rotatable bonds is 6. The smallest absolute Gasteiger partial charge is 0.287 e. The number of fused-ring (bicyclic) bond motifs is 1. The Morgan fingerprint density at radius 2 is 2.19 bits per heavy atom. The average molecular weight is 373 g/mol. The number of hydrogen-bond acceptors (Lipinski definition) is 5. The third kappa shape index (κ3) is 4.66. The second-order valence-electron chi connectivity index (χ2n) is 6.62. The fourth-order valence-corrected chi connectivity index (χ4v) is 3.15. The number of aliphatic imine (C=N–C) groups is 1. The first-order valence-corrected chi connectivity index (χ1v) is 9.29. The molecule has 1 amide bonds. The van der Waals surface area contributed by atoms with Gasteiger partial charge in [-0.3, -0.25) is 9.79 Å². The maximum atomic E-state index is 12.0. The molecule has 0 saturated heterocycles. The van der Waals surface area contributed by atoms with Crippen molar-refractivity contribution in [3.63, 3.8) is 0 Å². The highest BCUT2D eigenvalue weighted by molar-refractivity contribution is 5.92. The molecule has 0 saturated carbocycles. The van der Waals surface area contributed by atoms with Crippen LogP contribution in [0.2, 0.25) is 0 Å². The van der Waals surface area contributed by atoms with Crippen molar-refractivity contribution in [1.82, 2.24) is 30.7 Å². The van der Waals surface area contributed by atoms with E-state index in [1.807, 2.05) is 18.5 Å². The normalized spacial score (nSPS) is 16.7. The van der Waals surface area contributed by atoms with Crippen molar-refractivity contribution in [1.29, 1.82) is 0 Å². The number of amides is 1. The first-order valence-electron chi connectivity index (χ1n) is 9.29. The molecular weight excluding hydrogens is 346 g/mol. The van der Waals surface area contributed by atoms with E-state index in [1.165, 1.54) is 6.26 Å². The first kappa shape index (κ1) is 18.9. The van der Waals surface area contributed by atoms with Crippen LogP contribution in [0.25, 0.3) is 0 Å². The molecule has 0 aromatic carbocycles. The Morgan fingerprint density at radius 1 is 1.37 bits per heavy atom. The van der Waals surface area contributed by atoms with Crippen LogP contribution < -0.4 is 16.0 Å². The highest BCUT2D eigenvalue weighted by Gasteiger charge is 2.24. The van der Waals surface area contributed by atoms with Crippen LogP contribution in [-0.2, 0) is 6.54 Å². The van der Waals surface area contributed by atoms with Crippen LogP contribution >= 0.6 is 0 Å². The maximum absolute atomic E-state index is 12.0. The summed E-state index contributed by atoms with van der Waals surface area (Å²) in [5.41, 5.74) is 0.839. The van der Waals surface area contributed by atoms with Gasteiger partial charge in [0.1, 0.15) is 11.6 Å². The van der Waals surface area contributed by atoms with Gasteiger partial charge in [-0.05, 0) is 39.2 Å². The second-order valence-corrected chi connectivity index (χ2v) is 6.62. The van der Waals surface area contributed by atoms with E-state index in [1.54, 1.807) is 13.1 Å². The van der Waals surface area contributed by atoms with Gasteiger partial charge in [-0.2, -0.15) is 5.10 Å². The van der Waals surface area contributed by atoms with Gasteiger partial charge in [0.05, 0.1) is 12.3 Å². The zero-order valence-corrected chi connectivity index (χ0v) is 16.1. The topological polar surface area (TPSA) is 109 Å². The molecule has 1 aliphatic rings. The first-order chi connectivity index (χ1) is 13.1. The molecule has 9 nitrogen and oxygen atoms in total. The third-order valence-corrected chi connectivity index (χ3v) is 4.52. The highest BCUT2D eigenvalue weighted by Crippen LogP contribution is 2.22. The Kier molecular flexibility index (Phi) is 6.10. The molecule has 1 aliphatic heterocycles. The number of carbonyl (C=O) groups excluding carboxylic acids is 1. The van der Waals surface area contributed by atoms with Crippen LogP contribution in [0.15, 0.2) is 21.7 Å². The molecule has 1 atom stereocenters. The standard InChI is InChI=1S/C18H27N7O2/c1-12-7-11-27-15(12)17(26)20-8-5-9-21-18(19-3)23-14-6-4-10-25-16(14)22-13(2)24-25/h7,11,14H,4-6,8-10H2,1-3H3,(H,20,26)(H2,19,21,23). The van der Waals surface area contributed by atoms with Crippen molar-refractivity contribution in [2.75, 3.05) is 20.1 Å². The van der Waals surface area contributed by atoms with Gasteiger partial charge in [-0.1, -0.05) is 0 Å². The molecule has 0 spiro atoms. The van der Waals surface area contributed by atoms with Gasteiger partial charge in [-0.15, -0.1) is 0 Å². The van der Waals surface area contributed by atoms with Crippen LogP contribution in [0.3, 0.4) is 0 Å². The lowest BCUT2D eigenvalue weighted by Gasteiger charge is -2.25. The minimum Gasteiger partial charge on any atom is -0.459 e. The summed E-state index contributed by atoms with van der Waals surface area (Å²) in [7, 11) is 1.75. The number of hydrogen-bond donors (Lipinski definition) is 3. The zero-order valence-electron chi connectivity index (χ0n) is 16.1. The molecule has 3 rings (SSSR count). The molecule has 27 heavy (non-hydrogen) atoms. The predicted octanol–water partition coefficient (Wildman–Crippen LogP) is 1.31. The Labute approximate surface area is 158 Å². The quantitative estimate of drug-likeness (QED) is 0.400. The molecule has 146 valence electrons. The molecular formula is C18H27N7O2. The monoisotopic (exact) mass is 373 g/mol. The highest BCUT2D eigenvalue weighted by atomic mass is 16.3. The van der Waals surface area contributed by atoms with Gasteiger partial charge >= 0.3 is 0 Å². The number of carbonyl (C=O) groups is 1. The van der Waals surface area contributed by atoms with E-state index in [-0.39, 0.29) is 11.9 Å². The minimum atomic E-state index is -0.183. The Balaban J connectivity index is 1.41. The van der Waals surface area contributed by atoms with Crippen molar-refractivity contribution < 1.29 is 9.21 Å². The fourth-order valence-electron chi connectivity index (χ4n) is 3.15.